The Morgan fingerprint density at radius 2 is 1.73 bits per heavy atom. The van der Waals surface area contributed by atoms with E-state index in [2.05, 4.69) is 27.8 Å². The van der Waals surface area contributed by atoms with E-state index in [0.29, 0.717) is 18.5 Å². The smallest absolute Gasteiger partial charge is 0.400 e. The van der Waals surface area contributed by atoms with Crippen LogP contribution in [0.25, 0.3) is 16.6 Å². The van der Waals surface area contributed by atoms with Gasteiger partial charge in [0, 0.05) is 43.0 Å². The van der Waals surface area contributed by atoms with E-state index in [1.807, 2.05) is 36.4 Å². The number of aryl methyl sites for hydroxylation is 1. The summed E-state index contributed by atoms with van der Waals surface area (Å²) < 4.78 is 41.1. The molecule has 0 saturated heterocycles. The Hall–Kier alpha value is -3.42. The van der Waals surface area contributed by atoms with Gasteiger partial charge in [0.15, 0.2) is 0 Å². The molecule has 0 fully saturated rings. The van der Waals surface area contributed by atoms with Gasteiger partial charge in [-0.15, -0.1) is 0 Å². The molecule has 0 bridgehead atoms. The van der Waals surface area contributed by atoms with Crippen molar-refractivity contribution in [2.24, 2.45) is 0 Å². The Labute approximate surface area is 215 Å². The number of carbonyl (C=O) groups excluding carboxylic acids is 1. The molecular formula is C30H31F3N2O2. The largest absolute Gasteiger partial charge is 0.416 e. The van der Waals surface area contributed by atoms with Gasteiger partial charge in [-0.3, -0.25) is 9.69 Å². The average molecular weight is 509 g/mol. The Bertz CT molecular complexity index is 1350. The van der Waals surface area contributed by atoms with Crippen molar-refractivity contribution >= 4 is 17.2 Å². The van der Waals surface area contributed by atoms with Crippen LogP contribution in [-0.2, 0) is 25.6 Å². The van der Waals surface area contributed by atoms with Crippen molar-refractivity contribution in [3.63, 3.8) is 0 Å². The van der Waals surface area contributed by atoms with Crippen molar-refractivity contribution in [2.75, 3.05) is 20.2 Å². The zero-order valence-electron chi connectivity index (χ0n) is 20.8. The van der Waals surface area contributed by atoms with Crippen LogP contribution in [0.15, 0.2) is 72.9 Å². The molecule has 3 aromatic carbocycles. The number of rotatable bonds is 7. The number of aldehydes is 1. The molecule has 4 nitrogen and oxygen atoms in total. The Morgan fingerprint density at radius 3 is 2.46 bits per heavy atom. The minimum atomic E-state index is -4.29. The molecule has 1 aliphatic rings. The first kappa shape index (κ1) is 26.6. The molecule has 0 unspecified atom stereocenters. The highest BCUT2D eigenvalue weighted by molar-refractivity contribution is 5.91. The summed E-state index contributed by atoms with van der Waals surface area (Å²) in [6, 6.07) is 20.1. The van der Waals surface area contributed by atoms with E-state index in [1.165, 1.54) is 17.7 Å². The zero-order chi connectivity index (χ0) is 26.4. The lowest BCUT2D eigenvalue weighted by Crippen LogP contribution is -2.31. The minimum Gasteiger partial charge on any atom is -0.400 e. The van der Waals surface area contributed by atoms with E-state index in [9.17, 15) is 18.0 Å². The van der Waals surface area contributed by atoms with Gasteiger partial charge >= 0.3 is 6.18 Å². The fraction of sp³-hybridized carbons (Fsp3) is 0.300. The van der Waals surface area contributed by atoms with Gasteiger partial charge < -0.3 is 9.67 Å². The molecule has 0 saturated carbocycles. The topological polar surface area (TPSA) is 45.5 Å². The molecule has 0 amide bonds. The molecule has 0 radical (unpaired) electrons. The van der Waals surface area contributed by atoms with Gasteiger partial charge in [-0.1, -0.05) is 24.3 Å². The summed E-state index contributed by atoms with van der Waals surface area (Å²) in [6.45, 7) is 2.39. The van der Waals surface area contributed by atoms with Crippen LogP contribution in [-0.4, -0.2) is 41.1 Å². The molecule has 37 heavy (non-hydrogen) atoms. The number of aliphatic hydroxyl groups is 1. The number of halogens is 3. The van der Waals surface area contributed by atoms with Gasteiger partial charge in [-0.05, 0) is 91.4 Å². The monoisotopic (exact) mass is 508 g/mol. The van der Waals surface area contributed by atoms with Crippen molar-refractivity contribution in [3.05, 3.63) is 101 Å². The number of benzene rings is 3. The first-order valence-corrected chi connectivity index (χ1v) is 12.4. The molecule has 194 valence electrons. The maximum absolute atomic E-state index is 13.0. The zero-order valence-corrected chi connectivity index (χ0v) is 20.8. The molecule has 0 spiro atoms. The normalized spacial score (nSPS) is 13.6. The Morgan fingerprint density at radius 1 is 0.946 bits per heavy atom. The number of nitrogens with zero attached hydrogens (tertiary/aromatic N) is 2. The van der Waals surface area contributed by atoms with E-state index in [1.54, 1.807) is 6.07 Å². The lowest BCUT2D eigenvalue weighted by Gasteiger charge is -2.29. The molecule has 4 aromatic rings. The minimum absolute atomic E-state index is 0.558. The van der Waals surface area contributed by atoms with E-state index >= 15 is 0 Å². The molecule has 1 aliphatic heterocycles. The first-order chi connectivity index (χ1) is 17.9. The standard InChI is InChI=1S/C29H27F3N2O.CH4O/c30-29(31,32)25-11-10-23-18-33(15-13-22(23)17-25)14-5-4-6-24-19-34(26-7-2-1-3-8-26)28-12-9-21(20-35)16-27(24)28;1-2/h1-3,7-12,16-17,19-20H,4-6,13-15,18H2;2H,1H3. The van der Waals surface area contributed by atoms with Gasteiger partial charge in [0.1, 0.15) is 6.29 Å². The lowest BCUT2D eigenvalue weighted by molar-refractivity contribution is -0.137. The summed E-state index contributed by atoms with van der Waals surface area (Å²) in [5.41, 5.74) is 5.32. The number of hydrogen-bond donors (Lipinski definition) is 1. The molecule has 0 aliphatic carbocycles. The molecule has 1 aromatic heterocycles. The summed E-state index contributed by atoms with van der Waals surface area (Å²) in [5.74, 6) is 0. The second kappa shape index (κ2) is 11.8. The highest BCUT2D eigenvalue weighted by Crippen LogP contribution is 2.32. The number of para-hydroxylation sites is 1. The van der Waals surface area contributed by atoms with Gasteiger partial charge in [0.05, 0.1) is 11.1 Å². The number of unbranched alkanes of at least 4 members (excludes halogenated alkanes) is 1. The van der Waals surface area contributed by atoms with Crippen molar-refractivity contribution in [3.8, 4) is 5.69 Å². The SMILES string of the molecule is CO.O=Cc1ccc2c(c1)c(CCCCN1CCc3cc(C(F)(F)F)ccc3C1)cn2-c1ccccc1. The quantitative estimate of drug-likeness (QED) is 0.231. The number of alkyl halides is 3. The third-order valence-electron chi connectivity index (χ3n) is 6.88. The third-order valence-corrected chi connectivity index (χ3v) is 6.88. The third kappa shape index (κ3) is 6.12. The number of aromatic nitrogens is 1. The van der Waals surface area contributed by atoms with E-state index < -0.39 is 11.7 Å². The van der Waals surface area contributed by atoms with E-state index in [-0.39, 0.29) is 0 Å². The molecule has 5 rings (SSSR count). The van der Waals surface area contributed by atoms with Crippen molar-refractivity contribution in [2.45, 2.75) is 38.4 Å². The maximum atomic E-state index is 13.0. The van der Waals surface area contributed by atoms with Crippen LogP contribution in [0.5, 0.6) is 0 Å². The van der Waals surface area contributed by atoms with Crippen LogP contribution in [0.1, 0.15) is 45.5 Å². The van der Waals surface area contributed by atoms with Crippen molar-refractivity contribution in [1.82, 2.24) is 9.47 Å². The second-order valence-electron chi connectivity index (χ2n) is 9.22. The van der Waals surface area contributed by atoms with Crippen LogP contribution in [0.2, 0.25) is 0 Å². The van der Waals surface area contributed by atoms with Gasteiger partial charge in [0.2, 0.25) is 0 Å². The fourth-order valence-corrected chi connectivity index (χ4v) is 5.02. The molecule has 0 atom stereocenters. The van der Waals surface area contributed by atoms with Crippen LogP contribution in [0.4, 0.5) is 13.2 Å². The van der Waals surface area contributed by atoms with Gasteiger partial charge in [-0.2, -0.15) is 13.2 Å². The highest BCUT2D eigenvalue weighted by atomic mass is 19.4. The summed E-state index contributed by atoms with van der Waals surface area (Å²) >= 11 is 0. The average Bonchev–Trinajstić information content (AvgIpc) is 3.29. The molecule has 1 N–H and O–H groups in total. The Balaban J connectivity index is 0.00000156. The van der Waals surface area contributed by atoms with Gasteiger partial charge in [0.25, 0.3) is 0 Å². The highest BCUT2D eigenvalue weighted by Gasteiger charge is 2.31. The number of aliphatic hydroxyl groups excluding tert-OH is 1. The molecular weight excluding hydrogens is 477 g/mol. The molecule has 2 heterocycles. The summed E-state index contributed by atoms with van der Waals surface area (Å²) in [5, 5.41) is 8.10. The van der Waals surface area contributed by atoms with Crippen LogP contribution >= 0.6 is 0 Å². The summed E-state index contributed by atoms with van der Waals surface area (Å²) in [7, 11) is 1.00. The predicted octanol–water partition coefficient (Wildman–Crippen LogP) is 6.45. The number of hydrogen-bond acceptors (Lipinski definition) is 3. The first-order valence-electron chi connectivity index (χ1n) is 12.4. The van der Waals surface area contributed by atoms with Crippen LogP contribution in [0, 0.1) is 0 Å². The van der Waals surface area contributed by atoms with Crippen LogP contribution in [0.3, 0.4) is 0 Å². The second-order valence-corrected chi connectivity index (χ2v) is 9.22. The van der Waals surface area contributed by atoms with E-state index in [4.69, 9.17) is 5.11 Å². The van der Waals surface area contributed by atoms with E-state index in [0.717, 1.165) is 73.5 Å². The number of fused-ring (bicyclic) bond motifs is 2. The van der Waals surface area contributed by atoms with Crippen molar-refractivity contribution < 1.29 is 23.1 Å². The summed E-state index contributed by atoms with van der Waals surface area (Å²) in [4.78, 5) is 13.7. The molecule has 7 heteroatoms. The fourth-order valence-electron chi connectivity index (χ4n) is 5.02. The Kier molecular flexibility index (Phi) is 8.46. The van der Waals surface area contributed by atoms with Gasteiger partial charge in [-0.25, -0.2) is 0 Å². The van der Waals surface area contributed by atoms with Crippen molar-refractivity contribution in [1.29, 1.82) is 0 Å². The van der Waals surface area contributed by atoms with Crippen LogP contribution < -0.4 is 0 Å². The summed E-state index contributed by atoms with van der Waals surface area (Å²) in [6.07, 6.45) is 2.31. The lowest BCUT2D eigenvalue weighted by atomic mass is 9.97. The maximum Gasteiger partial charge on any atom is 0.416 e. The number of carbonyl (C=O) groups is 1. The predicted molar refractivity (Wildman–Crippen MR) is 140 cm³/mol.